The molecular formula is C36H36N2O5S. The molecule has 5 rings (SSSR count). The first-order chi connectivity index (χ1) is 21.3. The number of nitrogens with zero attached hydrogens (tertiary/aromatic N) is 2. The fourth-order valence-corrected chi connectivity index (χ4v) is 6.62. The zero-order chi connectivity index (χ0) is 31.2. The Morgan fingerprint density at radius 2 is 1.66 bits per heavy atom. The Balaban J connectivity index is 1.70. The number of methoxy groups -OCH3 is 2. The SMILES string of the molecule is C=C(CN(C)Cc1c(-c2ccc(OC)cc2)sc2c1c(=O)c(C(=O)OCC)cn2Cc1ccccc1OC)c1ccccc1. The number of hydrogen-bond acceptors (Lipinski definition) is 7. The van der Waals surface area contributed by atoms with Gasteiger partial charge in [0.25, 0.3) is 0 Å². The van der Waals surface area contributed by atoms with E-state index in [1.54, 1.807) is 27.3 Å². The van der Waals surface area contributed by atoms with Gasteiger partial charge in [-0.1, -0.05) is 55.1 Å². The molecule has 0 spiro atoms. The largest absolute Gasteiger partial charge is 0.497 e. The van der Waals surface area contributed by atoms with Crippen molar-refractivity contribution in [3.63, 3.8) is 0 Å². The Labute approximate surface area is 261 Å². The molecule has 0 atom stereocenters. The average molecular weight is 609 g/mol. The van der Waals surface area contributed by atoms with Crippen LogP contribution in [0.5, 0.6) is 11.5 Å². The first-order valence-corrected chi connectivity index (χ1v) is 15.2. The zero-order valence-corrected chi connectivity index (χ0v) is 26.3. The second-order valence-corrected chi connectivity index (χ2v) is 11.5. The Morgan fingerprint density at radius 1 is 0.955 bits per heavy atom. The number of aromatic nitrogens is 1. The predicted molar refractivity (Wildman–Crippen MR) is 178 cm³/mol. The molecule has 0 saturated carbocycles. The van der Waals surface area contributed by atoms with Gasteiger partial charge in [-0.15, -0.1) is 11.3 Å². The molecule has 7 nitrogen and oxygen atoms in total. The van der Waals surface area contributed by atoms with Gasteiger partial charge in [-0.05, 0) is 66.6 Å². The fourth-order valence-electron chi connectivity index (χ4n) is 5.33. The van der Waals surface area contributed by atoms with E-state index in [9.17, 15) is 9.59 Å². The van der Waals surface area contributed by atoms with Crippen molar-refractivity contribution in [2.24, 2.45) is 0 Å². The predicted octanol–water partition coefficient (Wildman–Crippen LogP) is 7.12. The third-order valence-electron chi connectivity index (χ3n) is 7.46. The van der Waals surface area contributed by atoms with Crippen molar-refractivity contribution in [2.45, 2.75) is 20.0 Å². The van der Waals surface area contributed by atoms with Crippen LogP contribution in [0.15, 0.2) is 96.4 Å². The minimum absolute atomic E-state index is 0.00549. The fraction of sp³-hybridized carbons (Fsp3) is 0.222. The van der Waals surface area contributed by atoms with Crippen LogP contribution in [0.4, 0.5) is 0 Å². The lowest BCUT2D eigenvalue weighted by molar-refractivity contribution is 0.0524. The zero-order valence-electron chi connectivity index (χ0n) is 25.5. The van der Waals surface area contributed by atoms with Crippen LogP contribution in [-0.4, -0.2) is 49.9 Å². The Hall–Kier alpha value is -4.66. The van der Waals surface area contributed by atoms with Gasteiger partial charge in [-0.25, -0.2) is 4.79 Å². The summed E-state index contributed by atoms with van der Waals surface area (Å²) in [6.45, 7) is 7.67. The number of pyridine rings is 1. The molecule has 2 heterocycles. The highest BCUT2D eigenvalue weighted by atomic mass is 32.1. The summed E-state index contributed by atoms with van der Waals surface area (Å²) < 4.78 is 18.3. The maximum atomic E-state index is 14.2. The minimum Gasteiger partial charge on any atom is -0.497 e. The number of rotatable bonds is 12. The van der Waals surface area contributed by atoms with Crippen molar-refractivity contribution >= 4 is 33.1 Å². The molecule has 0 fully saturated rings. The second-order valence-electron chi connectivity index (χ2n) is 10.5. The van der Waals surface area contributed by atoms with Gasteiger partial charge in [0.1, 0.15) is 21.9 Å². The van der Waals surface area contributed by atoms with Crippen LogP contribution in [-0.2, 0) is 17.8 Å². The highest BCUT2D eigenvalue weighted by Crippen LogP contribution is 2.39. The van der Waals surface area contributed by atoms with E-state index in [-0.39, 0.29) is 17.6 Å². The van der Waals surface area contributed by atoms with Crippen molar-refractivity contribution in [1.29, 1.82) is 0 Å². The summed E-state index contributed by atoms with van der Waals surface area (Å²) >= 11 is 1.54. The van der Waals surface area contributed by atoms with Gasteiger partial charge in [0.05, 0.1) is 32.8 Å². The lowest BCUT2D eigenvalue weighted by Crippen LogP contribution is -2.24. The monoisotopic (exact) mass is 608 g/mol. The van der Waals surface area contributed by atoms with E-state index in [1.807, 2.05) is 90.5 Å². The summed E-state index contributed by atoms with van der Waals surface area (Å²) in [7, 11) is 5.28. The van der Waals surface area contributed by atoms with Crippen LogP contribution >= 0.6 is 11.3 Å². The number of fused-ring (bicyclic) bond motifs is 1. The van der Waals surface area contributed by atoms with Gasteiger partial charge in [0.15, 0.2) is 0 Å². The molecule has 0 aliphatic rings. The van der Waals surface area contributed by atoms with Gasteiger partial charge < -0.3 is 18.8 Å². The van der Waals surface area contributed by atoms with E-state index in [4.69, 9.17) is 14.2 Å². The summed E-state index contributed by atoms with van der Waals surface area (Å²) in [5.74, 6) is 0.832. The van der Waals surface area contributed by atoms with Crippen LogP contribution in [0.1, 0.15) is 34.0 Å². The van der Waals surface area contributed by atoms with Crippen LogP contribution < -0.4 is 14.9 Å². The number of ether oxygens (including phenoxy) is 3. The molecule has 44 heavy (non-hydrogen) atoms. The minimum atomic E-state index is -0.637. The molecule has 0 N–H and O–H groups in total. The van der Waals surface area contributed by atoms with Crippen LogP contribution in [0.3, 0.4) is 0 Å². The van der Waals surface area contributed by atoms with Crippen molar-refractivity contribution < 1.29 is 19.0 Å². The molecule has 0 bridgehead atoms. The molecule has 0 amide bonds. The van der Waals surface area contributed by atoms with Crippen molar-refractivity contribution in [3.05, 3.63) is 124 Å². The van der Waals surface area contributed by atoms with Gasteiger partial charge in [-0.2, -0.15) is 0 Å². The molecular weight excluding hydrogens is 572 g/mol. The van der Waals surface area contributed by atoms with Gasteiger partial charge >= 0.3 is 5.97 Å². The molecule has 0 aliphatic carbocycles. The molecule has 0 unspecified atom stereocenters. The second kappa shape index (κ2) is 13.8. The number of carbonyl (C=O) groups is 1. The van der Waals surface area contributed by atoms with E-state index in [0.717, 1.165) is 49.0 Å². The van der Waals surface area contributed by atoms with Crippen molar-refractivity contribution in [1.82, 2.24) is 9.47 Å². The first kappa shape index (κ1) is 30.8. The Morgan fingerprint density at radius 3 is 2.34 bits per heavy atom. The average Bonchev–Trinajstić information content (AvgIpc) is 3.42. The van der Waals surface area contributed by atoms with Crippen molar-refractivity contribution in [2.75, 3.05) is 34.4 Å². The van der Waals surface area contributed by atoms with E-state index < -0.39 is 5.97 Å². The normalized spacial score (nSPS) is 11.1. The third-order valence-corrected chi connectivity index (χ3v) is 8.78. The number of thiophene rings is 1. The maximum Gasteiger partial charge on any atom is 0.343 e. The summed E-state index contributed by atoms with van der Waals surface area (Å²) in [4.78, 5) is 31.2. The van der Waals surface area contributed by atoms with Crippen LogP contribution in [0, 0.1) is 0 Å². The molecule has 8 heteroatoms. The molecule has 0 aliphatic heterocycles. The number of likely N-dealkylation sites (N-methyl/N-ethyl adjacent to an activating group) is 1. The van der Waals surface area contributed by atoms with Crippen molar-refractivity contribution in [3.8, 4) is 21.9 Å². The molecule has 226 valence electrons. The maximum absolute atomic E-state index is 14.2. The highest BCUT2D eigenvalue weighted by Gasteiger charge is 2.25. The van der Waals surface area contributed by atoms with E-state index in [1.165, 1.54) is 11.3 Å². The summed E-state index contributed by atoms with van der Waals surface area (Å²) in [5.41, 5.74) is 4.43. The first-order valence-electron chi connectivity index (χ1n) is 14.4. The lowest BCUT2D eigenvalue weighted by Gasteiger charge is -2.19. The number of para-hydroxylation sites is 1. The molecule has 5 aromatic rings. The number of hydrogen-bond donors (Lipinski definition) is 0. The molecule has 2 aromatic heterocycles. The highest BCUT2D eigenvalue weighted by molar-refractivity contribution is 7.22. The third kappa shape index (κ3) is 6.46. The summed E-state index contributed by atoms with van der Waals surface area (Å²) in [6, 6.07) is 25.6. The van der Waals surface area contributed by atoms with E-state index in [0.29, 0.717) is 25.0 Å². The molecule has 3 aromatic carbocycles. The molecule has 0 radical (unpaired) electrons. The smallest absolute Gasteiger partial charge is 0.343 e. The standard InChI is InChI=1S/C36H36N2O5S/c1-6-43-36(40)30-23-38(21-27-14-10-11-15-31(27)42-5)35-32(33(30)39)29(34(44-35)26-16-18-28(41-4)19-17-26)22-37(3)20-24(2)25-12-8-7-9-13-25/h7-19,23H,2,6,20-22H2,1,3-5H3. The van der Waals surface area contributed by atoms with Crippen LogP contribution in [0.2, 0.25) is 0 Å². The Kier molecular flexibility index (Phi) is 9.62. The lowest BCUT2D eigenvalue weighted by atomic mass is 10.0. The van der Waals surface area contributed by atoms with E-state index in [2.05, 4.69) is 11.5 Å². The number of esters is 1. The number of carbonyl (C=O) groups excluding carboxylic acids is 1. The van der Waals surface area contributed by atoms with Crippen LogP contribution in [0.25, 0.3) is 26.2 Å². The van der Waals surface area contributed by atoms with Gasteiger partial charge in [0, 0.05) is 29.7 Å². The topological polar surface area (TPSA) is 70.0 Å². The Bertz CT molecular complexity index is 1840. The number of benzene rings is 3. The van der Waals surface area contributed by atoms with Gasteiger partial charge in [0.2, 0.25) is 5.43 Å². The quantitative estimate of drug-likeness (QED) is 0.141. The molecule has 0 saturated heterocycles. The van der Waals surface area contributed by atoms with Gasteiger partial charge in [-0.3, -0.25) is 9.69 Å². The van der Waals surface area contributed by atoms with E-state index >= 15 is 0 Å². The summed E-state index contributed by atoms with van der Waals surface area (Å²) in [6.07, 6.45) is 1.62. The summed E-state index contributed by atoms with van der Waals surface area (Å²) in [5, 5.41) is 0.512.